The van der Waals surface area contributed by atoms with E-state index in [1.165, 1.54) is 6.20 Å². The van der Waals surface area contributed by atoms with Crippen molar-refractivity contribution >= 4 is 27.3 Å². The van der Waals surface area contributed by atoms with Crippen LogP contribution in [-0.4, -0.2) is 24.3 Å². The first kappa shape index (κ1) is 13.9. The molecule has 0 spiro atoms. The van der Waals surface area contributed by atoms with Crippen LogP contribution in [0.25, 0.3) is 0 Å². The van der Waals surface area contributed by atoms with E-state index >= 15 is 0 Å². The van der Waals surface area contributed by atoms with E-state index in [-0.39, 0.29) is 5.03 Å². The molecule has 1 aromatic carbocycles. The Hall–Kier alpha value is -1.53. The van der Waals surface area contributed by atoms with Gasteiger partial charge >= 0.3 is 0 Å². The molecule has 5 nitrogen and oxygen atoms in total. The molecule has 0 saturated carbocycles. The highest BCUT2D eigenvalue weighted by atomic mass is 35.5. The van der Waals surface area contributed by atoms with Crippen LogP contribution in [0.15, 0.2) is 35.5 Å². The number of halogens is 1. The molecule has 0 radical (unpaired) electrons. The van der Waals surface area contributed by atoms with Crippen LogP contribution in [0.2, 0.25) is 0 Å². The van der Waals surface area contributed by atoms with Crippen molar-refractivity contribution in [3.8, 4) is 0 Å². The number of sulfonamides is 1. The van der Waals surface area contributed by atoms with Crippen LogP contribution in [-0.2, 0) is 16.4 Å². The molecule has 0 amide bonds. The van der Waals surface area contributed by atoms with Gasteiger partial charge in [-0.1, -0.05) is 12.1 Å². The Labute approximate surface area is 117 Å². The number of nitrogens with one attached hydrogen (secondary N) is 2. The van der Waals surface area contributed by atoms with Crippen LogP contribution in [0.4, 0.5) is 5.69 Å². The average Bonchev–Trinajstić information content (AvgIpc) is 2.79. The minimum Gasteiger partial charge on any atom is -0.332 e. The van der Waals surface area contributed by atoms with Crippen LogP contribution in [0.3, 0.4) is 0 Å². The van der Waals surface area contributed by atoms with E-state index in [0.717, 1.165) is 12.0 Å². The van der Waals surface area contributed by atoms with Crippen LogP contribution >= 0.6 is 11.6 Å². The molecule has 7 heteroatoms. The van der Waals surface area contributed by atoms with Crippen LogP contribution < -0.4 is 4.72 Å². The highest BCUT2D eigenvalue weighted by Gasteiger charge is 2.16. The first-order valence-electron chi connectivity index (χ1n) is 5.70. The monoisotopic (exact) mass is 299 g/mol. The maximum atomic E-state index is 12.0. The summed E-state index contributed by atoms with van der Waals surface area (Å²) in [5.74, 6) is 1.09. The minimum absolute atomic E-state index is 0.0508. The summed E-state index contributed by atoms with van der Waals surface area (Å²) in [7, 11) is -3.61. The van der Waals surface area contributed by atoms with E-state index < -0.39 is 10.0 Å². The molecule has 0 fully saturated rings. The first-order chi connectivity index (χ1) is 9.01. The van der Waals surface area contributed by atoms with Gasteiger partial charge < -0.3 is 4.98 Å². The van der Waals surface area contributed by atoms with E-state index in [4.69, 9.17) is 11.6 Å². The van der Waals surface area contributed by atoms with Crippen molar-refractivity contribution in [3.63, 3.8) is 0 Å². The first-order valence-corrected chi connectivity index (χ1v) is 7.72. The number of aromatic amines is 1. The lowest BCUT2D eigenvalue weighted by Crippen LogP contribution is -2.13. The van der Waals surface area contributed by atoms with Gasteiger partial charge in [0.2, 0.25) is 0 Å². The molecule has 0 saturated heterocycles. The SMILES string of the molecule is Cc1ncc(S(=O)(=O)Nc2ccc(CCCl)cc2)[nH]1. The Balaban J connectivity index is 2.16. The fraction of sp³-hybridized carbons (Fsp3) is 0.250. The van der Waals surface area contributed by atoms with Crippen molar-refractivity contribution in [1.29, 1.82) is 0 Å². The Bertz CT molecular complexity index is 650. The summed E-state index contributed by atoms with van der Waals surface area (Å²) in [6.07, 6.45) is 2.05. The van der Waals surface area contributed by atoms with Gasteiger partial charge in [-0.3, -0.25) is 4.72 Å². The molecule has 2 aromatic rings. The van der Waals surface area contributed by atoms with Gasteiger partial charge in [0.15, 0.2) is 5.03 Å². The standard InChI is InChI=1S/C12H14ClN3O2S/c1-9-14-8-12(15-9)19(17,18)16-11-4-2-10(3-5-11)6-7-13/h2-5,8,16H,6-7H2,1H3,(H,14,15). The number of hydrogen-bond acceptors (Lipinski definition) is 3. The van der Waals surface area contributed by atoms with Crippen molar-refractivity contribution in [2.75, 3.05) is 10.6 Å². The summed E-state index contributed by atoms with van der Waals surface area (Å²) in [4.78, 5) is 6.56. The van der Waals surface area contributed by atoms with E-state index in [2.05, 4.69) is 14.7 Å². The van der Waals surface area contributed by atoms with Crippen LogP contribution in [0.5, 0.6) is 0 Å². The van der Waals surface area contributed by atoms with Gasteiger partial charge in [-0.15, -0.1) is 11.6 Å². The van der Waals surface area contributed by atoms with Crippen molar-refractivity contribution in [3.05, 3.63) is 41.9 Å². The summed E-state index contributed by atoms with van der Waals surface area (Å²) in [6, 6.07) is 7.11. The normalized spacial score (nSPS) is 11.5. The van der Waals surface area contributed by atoms with Crippen molar-refractivity contribution in [2.24, 2.45) is 0 Å². The molecule has 0 bridgehead atoms. The second kappa shape index (κ2) is 5.63. The zero-order valence-corrected chi connectivity index (χ0v) is 11.9. The smallest absolute Gasteiger partial charge is 0.278 e. The van der Waals surface area contributed by atoms with Gasteiger partial charge in [0.05, 0.1) is 6.20 Å². The number of nitrogens with zero attached hydrogens (tertiary/aromatic N) is 1. The van der Waals surface area contributed by atoms with Gasteiger partial charge in [0, 0.05) is 11.6 Å². The summed E-state index contributed by atoms with van der Waals surface area (Å²) in [5, 5.41) is 0.0508. The van der Waals surface area contributed by atoms with Crippen LogP contribution in [0, 0.1) is 6.92 Å². The van der Waals surface area contributed by atoms with Crippen LogP contribution in [0.1, 0.15) is 11.4 Å². The number of hydrogen-bond donors (Lipinski definition) is 2. The zero-order valence-electron chi connectivity index (χ0n) is 10.4. The highest BCUT2D eigenvalue weighted by Crippen LogP contribution is 2.15. The lowest BCUT2D eigenvalue weighted by atomic mass is 10.2. The lowest BCUT2D eigenvalue weighted by molar-refractivity contribution is 0.598. The molecular weight excluding hydrogens is 286 g/mol. The largest absolute Gasteiger partial charge is 0.332 e. The van der Waals surface area contributed by atoms with Gasteiger partial charge in [-0.2, -0.15) is 8.42 Å². The number of alkyl halides is 1. The summed E-state index contributed by atoms with van der Waals surface area (Å²) >= 11 is 5.64. The maximum absolute atomic E-state index is 12.0. The third kappa shape index (κ3) is 3.48. The van der Waals surface area contributed by atoms with Crippen molar-refractivity contribution < 1.29 is 8.42 Å². The van der Waals surface area contributed by atoms with Gasteiger partial charge in [-0.05, 0) is 31.0 Å². The number of aryl methyl sites for hydroxylation is 2. The quantitative estimate of drug-likeness (QED) is 0.832. The predicted octanol–water partition coefficient (Wildman–Crippen LogP) is 2.30. The summed E-state index contributed by atoms with van der Waals surface area (Å²) in [6.45, 7) is 1.69. The Morgan fingerprint density at radius 3 is 2.53 bits per heavy atom. The number of imidazole rings is 1. The minimum atomic E-state index is -3.61. The molecule has 0 aliphatic carbocycles. The Kier molecular flexibility index (Phi) is 4.11. The Morgan fingerprint density at radius 2 is 2.00 bits per heavy atom. The second-order valence-electron chi connectivity index (χ2n) is 4.07. The van der Waals surface area contributed by atoms with Crippen molar-refractivity contribution in [2.45, 2.75) is 18.4 Å². The molecule has 0 unspecified atom stereocenters. The fourth-order valence-electron chi connectivity index (χ4n) is 1.59. The third-order valence-electron chi connectivity index (χ3n) is 2.56. The lowest BCUT2D eigenvalue weighted by Gasteiger charge is -2.06. The molecule has 2 N–H and O–H groups in total. The van der Waals surface area contributed by atoms with E-state index in [1.807, 2.05) is 12.1 Å². The molecular formula is C12H14ClN3O2S. The van der Waals surface area contributed by atoms with E-state index in [0.29, 0.717) is 17.4 Å². The second-order valence-corrected chi connectivity index (χ2v) is 6.10. The zero-order chi connectivity index (χ0) is 13.9. The molecule has 0 aliphatic rings. The number of H-pyrrole nitrogens is 1. The van der Waals surface area contributed by atoms with E-state index in [1.54, 1.807) is 19.1 Å². The predicted molar refractivity (Wildman–Crippen MR) is 75.0 cm³/mol. The molecule has 0 aliphatic heterocycles. The number of rotatable bonds is 5. The number of benzene rings is 1. The van der Waals surface area contributed by atoms with Gasteiger partial charge in [0.25, 0.3) is 10.0 Å². The highest BCUT2D eigenvalue weighted by molar-refractivity contribution is 7.92. The fourth-order valence-corrected chi connectivity index (χ4v) is 2.84. The summed E-state index contributed by atoms with van der Waals surface area (Å²) < 4.78 is 26.5. The topological polar surface area (TPSA) is 74.8 Å². The van der Waals surface area contributed by atoms with E-state index in [9.17, 15) is 8.42 Å². The Morgan fingerprint density at radius 1 is 1.32 bits per heavy atom. The number of aromatic nitrogens is 2. The third-order valence-corrected chi connectivity index (χ3v) is 4.04. The molecule has 1 heterocycles. The molecule has 19 heavy (non-hydrogen) atoms. The summed E-state index contributed by atoms with van der Waals surface area (Å²) in [5.41, 5.74) is 1.57. The molecule has 102 valence electrons. The molecule has 0 atom stereocenters. The maximum Gasteiger partial charge on any atom is 0.278 e. The molecule has 2 rings (SSSR count). The van der Waals surface area contributed by atoms with Gasteiger partial charge in [0.1, 0.15) is 5.82 Å². The number of anilines is 1. The van der Waals surface area contributed by atoms with Gasteiger partial charge in [-0.25, -0.2) is 4.98 Å². The van der Waals surface area contributed by atoms with Crippen molar-refractivity contribution in [1.82, 2.24) is 9.97 Å². The molecule has 1 aromatic heterocycles. The average molecular weight is 300 g/mol.